The van der Waals surface area contributed by atoms with Crippen molar-refractivity contribution in [2.45, 2.75) is 26.7 Å². The van der Waals surface area contributed by atoms with Crippen molar-refractivity contribution in [1.82, 2.24) is 0 Å². The van der Waals surface area contributed by atoms with Crippen LogP contribution in [0, 0.1) is 0 Å². The van der Waals surface area contributed by atoms with E-state index in [1.807, 2.05) is 6.92 Å². The molecule has 0 aromatic heterocycles. The maximum absolute atomic E-state index is 9.44. The summed E-state index contributed by atoms with van der Waals surface area (Å²) in [5.41, 5.74) is -2.48. The Kier molecular flexibility index (Phi) is 12.7. The van der Waals surface area contributed by atoms with Gasteiger partial charge in [-0.25, -0.2) is 0 Å². The van der Waals surface area contributed by atoms with Crippen LogP contribution in [0.3, 0.4) is 0 Å². The molecule has 0 aromatic carbocycles. The number of hydrogen-bond acceptors (Lipinski definition) is 3. The van der Waals surface area contributed by atoms with Gasteiger partial charge in [0.25, 0.3) is 0 Å². The Bertz CT molecular complexity index is 134. The Morgan fingerprint density at radius 2 is 2.00 bits per heavy atom. The van der Waals surface area contributed by atoms with E-state index < -0.39 is 5.69 Å². The monoisotopic (exact) mass is 426 g/mol. The fourth-order valence-corrected chi connectivity index (χ4v) is 3.93. The molecule has 6 heteroatoms. The fourth-order valence-electron chi connectivity index (χ4n) is 0.451. The van der Waals surface area contributed by atoms with Crippen LogP contribution in [-0.4, -0.2) is 43.5 Å². The summed E-state index contributed by atoms with van der Waals surface area (Å²) in [5, 5.41) is 0. The first kappa shape index (κ1) is 16.2. The molecule has 0 radical (unpaired) electrons. The van der Waals surface area contributed by atoms with E-state index in [9.17, 15) is 4.89 Å². The minimum atomic E-state index is -2.48. The Labute approximate surface area is 103 Å². The van der Waals surface area contributed by atoms with Crippen molar-refractivity contribution in [3.8, 4) is 0 Å². The van der Waals surface area contributed by atoms with Gasteiger partial charge in [0.05, 0.1) is 6.61 Å². The average molecular weight is 426 g/mol. The van der Waals surface area contributed by atoms with Crippen LogP contribution in [-0.2, 0) is 16.3 Å². The molecule has 0 fully saturated rings. The molecular formula is C6H18BiO2PS2. The van der Waals surface area contributed by atoms with Crippen LogP contribution in [0.15, 0.2) is 0 Å². The van der Waals surface area contributed by atoms with Gasteiger partial charge in [0, 0.05) is 5.75 Å². The first-order valence-electron chi connectivity index (χ1n) is 3.74. The van der Waals surface area contributed by atoms with E-state index in [-0.39, 0.29) is 26.2 Å². The summed E-state index contributed by atoms with van der Waals surface area (Å²) in [5.74, 6) is 0.886. The van der Waals surface area contributed by atoms with Crippen LogP contribution in [0.2, 0.25) is 0 Å². The van der Waals surface area contributed by atoms with Crippen molar-refractivity contribution in [3.63, 3.8) is 0 Å². The van der Waals surface area contributed by atoms with Crippen LogP contribution >= 0.6 is 17.1 Å². The van der Waals surface area contributed by atoms with E-state index in [1.54, 1.807) is 0 Å². The normalized spacial score (nSPS) is 14.9. The van der Waals surface area contributed by atoms with Crippen molar-refractivity contribution in [2.24, 2.45) is 0 Å². The first-order valence-corrected chi connectivity index (χ1v) is 8.00. The fraction of sp³-hybridized carbons (Fsp3) is 1.00. The standard InChI is InChI=1S/C6H15O2PS2.Bi.3H/c1-3-5-8-9(7,10)11-6-4-2;;;;/h3-6H2,1-2H3,(H,7,10);;;;. The maximum atomic E-state index is 9.44. The van der Waals surface area contributed by atoms with Gasteiger partial charge in [-0.3, -0.25) is 0 Å². The molecule has 2 nitrogen and oxygen atoms in total. The zero-order valence-corrected chi connectivity index (χ0v) is 15.7. The molecule has 0 aliphatic heterocycles. The van der Waals surface area contributed by atoms with E-state index in [4.69, 9.17) is 16.3 Å². The molecule has 0 aromatic rings. The third kappa shape index (κ3) is 9.89. The van der Waals surface area contributed by atoms with Crippen molar-refractivity contribution in [2.75, 3.05) is 12.4 Å². The molecule has 0 aliphatic rings. The molecule has 12 heavy (non-hydrogen) atoms. The molecule has 0 saturated heterocycles. The van der Waals surface area contributed by atoms with Crippen LogP contribution in [0.5, 0.6) is 0 Å². The average Bonchev–Trinajstić information content (AvgIpc) is 1.97. The van der Waals surface area contributed by atoms with Gasteiger partial charge >= 0.3 is 26.2 Å². The quantitative estimate of drug-likeness (QED) is 0.516. The van der Waals surface area contributed by atoms with Crippen LogP contribution < -0.4 is 0 Å². The van der Waals surface area contributed by atoms with Gasteiger partial charge in [-0.05, 0) is 24.6 Å². The second-order valence-electron chi connectivity index (χ2n) is 2.14. The number of rotatable bonds is 6. The summed E-state index contributed by atoms with van der Waals surface area (Å²) >= 11 is 6.26. The van der Waals surface area contributed by atoms with Gasteiger partial charge in [-0.15, -0.1) is 0 Å². The van der Waals surface area contributed by atoms with Gasteiger partial charge in [-0.1, -0.05) is 25.2 Å². The van der Waals surface area contributed by atoms with Crippen LogP contribution in [0.25, 0.3) is 0 Å². The molecule has 1 N–H and O–H groups in total. The van der Waals surface area contributed by atoms with Crippen molar-refractivity contribution < 1.29 is 9.42 Å². The zero-order valence-electron chi connectivity index (χ0n) is 7.65. The van der Waals surface area contributed by atoms with Gasteiger partial charge < -0.3 is 9.42 Å². The van der Waals surface area contributed by atoms with Gasteiger partial charge in [0.1, 0.15) is 0 Å². The van der Waals surface area contributed by atoms with E-state index >= 15 is 0 Å². The zero-order chi connectivity index (χ0) is 8.74. The molecule has 0 rings (SSSR count). The van der Waals surface area contributed by atoms with E-state index in [0.29, 0.717) is 6.61 Å². The molecule has 1 unspecified atom stereocenters. The summed E-state index contributed by atoms with van der Waals surface area (Å²) in [6, 6.07) is 0. The molecule has 0 heterocycles. The van der Waals surface area contributed by atoms with Gasteiger partial charge in [0.2, 0.25) is 5.69 Å². The summed E-state index contributed by atoms with van der Waals surface area (Å²) in [7, 11) is 0. The van der Waals surface area contributed by atoms with Crippen molar-refractivity contribution >= 4 is 55.1 Å². The molecular weight excluding hydrogens is 408 g/mol. The van der Waals surface area contributed by atoms with Crippen molar-refractivity contribution in [3.05, 3.63) is 0 Å². The molecule has 1 atom stereocenters. The molecule has 76 valence electrons. The summed E-state index contributed by atoms with van der Waals surface area (Å²) in [6.45, 7) is 4.63. The van der Waals surface area contributed by atoms with Gasteiger partial charge in [0.15, 0.2) is 0 Å². The summed E-state index contributed by atoms with van der Waals surface area (Å²) in [4.78, 5) is 9.44. The number of hydrogen-bond donors (Lipinski definition) is 1. The summed E-state index contributed by atoms with van der Waals surface area (Å²) < 4.78 is 5.13. The SMILES string of the molecule is CCCOP(O)(=S)SCCC.[BiH3]. The molecule has 0 aliphatic carbocycles. The third-order valence-electron chi connectivity index (χ3n) is 0.917. The predicted octanol–water partition coefficient (Wildman–Crippen LogP) is 1.59. The van der Waals surface area contributed by atoms with E-state index in [1.165, 1.54) is 11.4 Å². The third-order valence-corrected chi connectivity index (χ3v) is 5.45. The second kappa shape index (κ2) is 9.36. The molecule has 0 saturated carbocycles. The van der Waals surface area contributed by atoms with Gasteiger partial charge in [-0.2, -0.15) is 0 Å². The Morgan fingerprint density at radius 1 is 1.42 bits per heavy atom. The predicted molar refractivity (Wildman–Crippen MR) is 65.4 cm³/mol. The van der Waals surface area contributed by atoms with Crippen LogP contribution in [0.1, 0.15) is 26.7 Å². The Morgan fingerprint density at radius 3 is 2.42 bits per heavy atom. The van der Waals surface area contributed by atoms with Crippen molar-refractivity contribution in [1.29, 1.82) is 0 Å². The van der Waals surface area contributed by atoms with E-state index in [0.717, 1.165) is 18.6 Å². The summed E-state index contributed by atoms with van der Waals surface area (Å²) in [6.07, 6.45) is 1.94. The van der Waals surface area contributed by atoms with Crippen LogP contribution in [0.4, 0.5) is 0 Å². The second-order valence-corrected chi connectivity index (χ2v) is 8.43. The first-order chi connectivity index (χ1) is 5.12. The molecule has 0 bridgehead atoms. The molecule has 0 spiro atoms. The topological polar surface area (TPSA) is 29.5 Å². The Balaban J connectivity index is 0. The molecule has 0 amide bonds. The minimum absolute atomic E-state index is 0. The Hall–Kier alpha value is 1.80. The van der Waals surface area contributed by atoms with E-state index in [2.05, 4.69) is 6.92 Å².